The van der Waals surface area contributed by atoms with E-state index >= 15 is 0 Å². The van der Waals surface area contributed by atoms with Crippen LogP contribution in [0, 0.1) is 12.8 Å². The molecule has 0 unspecified atom stereocenters. The number of carbonyl (C=O) groups is 1. The fraction of sp³-hybridized carbons (Fsp3) is 0.350. The van der Waals surface area contributed by atoms with Crippen molar-refractivity contribution >= 4 is 22.9 Å². The van der Waals surface area contributed by atoms with Crippen LogP contribution in [0.5, 0.6) is 0 Å². The van der Waals surface area contributed by atoms with Crippen molar-refractivity contribution in [2.24, 2.45) is 5.92 Å². The molecule has 1 heterocycles. The molecule has 122 valence electrons. The number of carbonyl (C=O) groups excluding carboxylic acids is 1. The molecule has 3 heteroatoms. The summed E-state index contributed by atoms with van der Waals surface area (Å²) in [7, 11) is 0. The van der Waals surface area contributed by atoms with Crippen molar-refractivity contribution in [2.45, 2.75) is 33.6 Å². The lowest BCUT2D eigenvalue weighted by Crippen LogP contribution is -2.31. The van der Waals surface area contributed by atoms with Crippen LogP contribution in [-0.2, 0) is 4.79 Å². The minimum Gasteiger partial charge on any atom is -0.307 e. The molecule has 23 heavy (non-hydrogen) atoms. The second kappa shape index (κ2) is 8.11. The van der Waals surface area contributed by atoms with Gasteiger partial charge in [0.25, 0.3) is 0 Å². The minimum atomic E-state index is 0.180. The lowest BCUT2D eigenvalue weighted by molar-refractivity contribution is -0.118. The molecule has 0 saturated carbocycles. The lowest BCUT2D eigenvalue weighted by atomic mass is 10.1. The maximum Gasteiger partial charge on any atom is 0.227 e. The molecule has 0 saturated heterocycles. The first-order valence-corrected chi connectivity index (χ1v) is 8.91. The molecule has 0 bridgehead atoms. The zero-order valence-corrected chi connectivity index (χ0v) is 15.0. The highest BCUT2D eigenvalue weighted by atomic mass is 32.1. The Morgan fingerprint density at radius 3 is 2.61 bits per heavy atom. The maximum absolute atomic E-state index is 12.6. The van der Waals surface area contributed by atoms with Gasteiger partial charge < -0.3 is 4.90 Å². The molecular weight excluding hydrogens is 302 g/mol. The number of hydrogen-bond acceptors (Lipinski definition) is 2. The molecule has 0 fully saturated rings. The molecule has 2 rings (SSSR count). The highest BCUT2D eigenvalue weighted by Gasteiger charge is 2.19. The van der Waals surface area contributed by atoms with Crippen molar-refractivity contribution < 1.29 is 4.79 Å². The van der Waals surface area contributed by atoms with Crippen LogP contribution in [0.2, 0.25) is 0 Å². The van der Waals surface area contributed by atoms with Crippen molar-refractivity contribution in [1.29, 1.82) is 0 Å². The van der Waals surface area contributed by atoms with Gasteiger partial charge in [0.2, 0.25) is 5.91 Å². The fourth-order valence-electron chi connectivity index (χ4n) is 2.50. The molecule has 0 spiro atoms. The summed E-state index contributed by atoms with van der Waals surface area (Å²) in [6, 6.07) is 12.4. The molecule has 2 nitrogen and oxygen atoms in total. The highest BCUT2D eigenvalue weighted by molar-refractivity contribution is 7.16. The van der Waals surface area contributed by atoms with E-state index in [-0.39, 0.29) is 5.91 Å². The summed E-state index contributed by atoms with van der Waals surface area (Å²) in [6.07, 6.45) is 3.30. The standard InChI is InChI=1S/C20H25NOS/c1-5-13-21(20(22)12-11-15(2)3)18-14-19(23-16(18)4)17-9-7-6-8-10-17/h5-10,14-15H,1,11-13H2,2-4H3. The molecule has 1 amide bonds. The maximum atomic E-state index is 12.6. The van der Waals surface area contributed by atoms with E-state index in [0.717, 1.165) is 12.1 Å². The lowest BCUT2D eigenvalue weighted by Gasteiger charge is -2.21. The van der Waals surface area contributed by atoms with Crippen LogP contribution in [0.4, 0.5) is 5.69 Å². The first kappa shape index (κ1) is 17.5. The third-order valence-corrected chi connectivity index (χ3v) is 4.88. The number of amides is 1. The van der Waals surface area contributed by atoms with Gasteiger partial charge in [-0.15, -0.1) is 17.9 Å². The SMILES string of the molecule is C=CCN(C(=O)CCC(C)C)c1cc(-c2ccccc2)sc1C. The summed E-state index contributed by atoms with van der Waals surface area (Å²) in [6.45, 7) is 10.7. The molecule has 0 aliphatic carbocycles. The Balaban J connectivity index is 2.27. The third kappa shape index (κ3) is 4.55. The van der Waals surface area contributed by atoms with Gasteiger partial charge in [-0.3, -0.25) is 4.79 Å². The smallest absolute Gasteiger partial charge is 0.227 e. The zero-order chi connectivity index (χ0) is 16.8. The highest BCUT2D eigenvalue weighted by Crippen LogP contribution is 2.36. The van der Waals surface area contributed by atoms with E-state index in [1.165, 1.54) is 15.3 Å². The van der Waals surface area contributed by atoms with Crippen molar-refractivity contribution in [3.63, 3.8) is 0 Å². The van der Waals surface area contributed by atoms with Crippen LogP contribution in [0.3, 0.4) is 0 Å². The number of benzene rings is 1. The number of anilines is 1. The predicted octanol–water partition coefficient (Wildman–Crippen LogP) is 5.68. The monoisotopic (exact) mass is 327 g/mol. The Labute approximate surface area is 143 Å². The van der Waals surface area contributed by atoms with Crippen molar-refractivity contribution in [3.8, 4) is 10.4 Å². The van der Waals surface area contributed by atoms with Crippen LogP contribution < -0.4 is 4.90 Å². The second-order valence-corrected chi connectivity index (χ2v) is 7.40. The molecule has 0 radical (unpaired) electrons. The van der Waals surface area contributed by atoms with Crippen molar-refractivity contribution in [1.82, 2.24) is 0 Å². The van der Waals surface area contributed by atoms with Gasteiger partial charge in [-0.25, -0.2) is 0 Å². The van der Waals surface area contributed by atoms with Crippen LogP contribution in [0.15, 0.2) is 49.1 Å². The molecule has 2 aromatic rings. The minimum absolute atomic E-state index is 0.180. The largest absolute Gasteiger partial charge is 0.307 e. The van der Waals surface area contributed by atoms with E-state index in [9.17, 15) is 4.79 Å². The average Bonchev–Trinajstić information content (AvgIpc) is 2.93. The molecule has 1 aromatic carbocycles. The molecule has 0 N–H and O–H groups in total. The van der Waals surface area contributed by atoms with E-state index in [2.05, 4.69) is 45.5 Å². The van der Waals surface area contributed by atoms with Gasteiger partial charge in [0, 0.05) is 22.7 Å². The van der Waals surface area contributed by atoms with Gasteiger partial charge in [-0.1, -0.05) is 50.3 Å². The van der Waals surface area contributed by atoms with Crippen LogP contribution in [0.25, 0.3) is 10.4 Å². The Morgan fingerprint density at radius 1 is 1.30 bits per heavy atom. The fourth-order valence-corrected chi connectivity index (χ4v) is 3.52. The molecule has 0 aliphatic heterocycles. The summed E-state index contributed by atoms with van der Waals surface area (Å²) in [4.78, 5) is 16.9. The van der Waals surface area contributed by atoms with Gasteiger partial charge >= 0.3 is 0 Å². The number of nitrogens with zero attached hydrogens (tertiary/aromatic N) is 1. The third-order valence-electron chi connectivity index (χ3n) is 3.79. The Hall–Kier alpha value is -1.87. The summed E-state index contributed by atoms with van der Waals surface area (Å²) in [5, 5.41) is 0. The average molecular weight is 327 g/mol. The summed E-state index contributed by atoms with van der Waals surface area (Å²) < 4.78 is 0. The number of aryl methyl sites for hydroxylation is 1. The summed E-state index contributed by atoms with van der Waals surface area (Å²) in [5.74, 6) is 0.715. The van der Waals surface area contributed by atoms with E-state index in [1.807, 2.05) is 23.1 Å². The van der Waals surface area contributed by atoms with Crippen LogP contribution in [-0.4, -0.2) is 12.5 Å². The number of thiophene rings is 1. The van der Waals surface area contributed by atoms with Crippen molar-refractivity contribution in [3.05, 3.63) is 53.9 Å². The molecular formula is C20H25NOS. The first-order chi connectivity index (χ1) is 11.0. The van der Waals surface area contributed by atoms with E-state index < -0.39 is 0 Å². The topological polar surface area (TPSA) is 20.3 Å². The predicted molar refractivity (Wildman–Crippen MR) is 101 cm³/mol. The van der Waals surface area contributed by atoms with Crippen molar-refractivity contribution in [2.75, 3.05) is 11.4 Å². The van der Waals surface area contributed by atoms with Gasteiger partial charge in [0.05, 0.1) is 5.69 Å². The zero-order valence-electron chi connectivity index (χ0n) is 14.2. The second-order valence-electron chi connectivity index (χ2n) is 6.14. The van der Waals surface area contributed by atoms with E-state index in [4.69, 9.17) is 0 Å². The number of hydrogen-bond donors (Lipinski definition) is 0. The summed E-state index contributed by atoms with van der Waals surface area (Å²) >= 11 is 1.74. The number of rotatable bonds is 7. The molecule has 1 aromatic heterocycles. The van der Waals surface area contributed by atoms with E-state index in [0.29, 0.717) is 18.9 Å². The van der Waals surface area contributed by atoms with Crippen LogP contribution in [0.1, 0.15) is 31.6 Å². The normalized spacial score (nSPS) is 10.8. The van der Waals surface area contributed by atoms with Crippen LogP contribution >= 0.6 is 11.3 Å². The Morgan fingerprint density at radius 2 is 2.00 bits per heavy atom. The molecule has 0 atom stereocenters. The Kier molecular flexibility index (Phi) is 6.17. The molecule has 0 aliphatic rings. The van der Waals surface area contributed by atoms with Gasteiger partial charge in [-0.05, 0) is 30.9 Å². The van der Waals surface area contributed by atoms with Gasteiger partial charge in [-0.2, -0.15) is 0 Å². The van der Waals surface area contributed by atoms with Gasteiger partial charge in [0.15, 0.2) is 0 Å². The van der Waals surface area contributed by atoms with E-state index in [1.54, 1.807) is 17.4 Å². The Bertz CT molecular complexity index is 658. The van der Waals surface area contributed by atoms with Gasteiger partial charge in [0.1, 0.15) is 0 Å². The summed E-state index contributed by atoms with van der Waals surface area (Å²) in [5.41, 5.74) is 2.21. The first-order valence-electron chi connectivity index (χ1n) is 8.10. The quantitative estimate of drug-likeness (QED) is 0.599.